The molecule has 2 aliphatic rings. The average Bonchev–Trinajstić information content (AvgIpc) is 2.57. The molecule has 2 aliphatic heterocycles. The second-order valence-corrected chi connectivity index (χ2v) is 7.35. The Labute approximate surface area is 148 Å². The van der Waals surface area contributed by atoms with Crippen LogP contribution in [0.3, 0.4) is 0 Å². The summed E-state index contributed by atoms with van der Waals surface area (Å²) in [6.07, 6.45) is 5.80. The summed E-state index contributed by atoms with van der Waals surface area (Å²) in [5, 5.41) is 3.53. The average molecular weight is 352 g/mol. The summed E-state index contributed by atoms with van der Waals surface area (Å²) in [5.74, 6) is 0.314. The molecular formula is C18H26ClN3O2. The van der Waals surface area contributed by atoms with Crippen LogP contribution >= 0.6 is 11.6 Å². The van der Waals surface area contributed by atoms with E-state index in [0.29, 0.717) is 34.1 Å². The van der Waals surface area contributed by atoms with Crippen LogP contribution in [0.4, 0.5) is 5.69 Å². The quantitative estimate of drug-likeness (QED) is 0.821. The third-order valence-corrected chi connectivity index (χ3v) is 5.71. The van der Waals surface area contributed by atoms with Gasteiger partial charge in [-0.05, 0) is 38.7 Å². The zero-order valence-electron chi connectivity index (χ0n) is 14.3. The second kappa shape index (κ2) is 7.19. The molecule has 3 atom stereocenters. The van der Waals surface area contributed by atoms with Crippen molar-refractivity contribution in [1.29, 1.82) is 0 Å². The molecule has 0 aromatic heterocycles. The molecule has 0 radical (unpaired) electrons. The van der Waals surface area contributed by atoms with E-state index in [1.54, 1.807) is 12.1 Å². The molecule has 3 N–H and O–H groups in total. The predicted molar refractivity (Wildman–Crippen MR) is 96.7 cm³/mol. The number of fused-ring (bicyclic) bond motifs is 1. The van der Waals surface area contributed by atoms with Gasteiger partial charge in [-0.3, -0.25) is 9.69 Å². The summed E-state index contributed by atoms with van der Waals surface area (Å²) in [7, 11) is 1.53. The Hall–Kier alpha value is -1.46. The van der Waals surface area contributed by atoms with E-state index in [4.69, 9.17) is 22.1 Å². The number of halogens is 1. The zero-order chi connectivity index (χ0) is 17.3. The fourth-order valence-corrected chi connectivity index (χ4v) is 4.22. The largest absolute Gasteiger partial charge is 0.496 e. The molecule has 2 saturated heterocycles. The fourth-order valence-electron chi connectivity index (χ4n) is 4.06. The highest BCUT2D eigenvalue weighted by molar-refractivity contribution is 6.33. The number of methoxy groups -OCH3 is 1. The lowest BCUT2D eigenvalue weighted by molar-refractivity contribution is 0.0457. The third kappa shape index (κ3) is 3.47. The number of carbonyl (C=O) groups excluding carboxylic acids is 1. The molecule has 2 fully saturated rings. The van der Waals surface area contributed by atoms with Gasteiger partial charge >= 0.3 is 0 Å². The van der Waals surface area contributed by atoms with Gasteiger partial charge in [-0.25, -0.2) is 0 Å². The zero-order valence-corrected chi connectivity index (χ0v) is 15.1. The molecule has 1 aromatic carbocycles. The van der Waals surface area contributed by atoms with E-state index in [-0.39, 0.29) is 11.9 Å². The van der Waals surface area contributed by atoms with Gasteiger partial charge < -0.3 is 15.8 Å². The van der Waals surface area contributed by atoms with Crippen molar-refractivity contribution in [3.63, 3.8) is 0 Å². The monoisotopic (exact) mass is 351 g/mol. The number of hydrogen-bond donors (Lipinski definition) is 2. The highest BCUT2D eigenvalue weighted by Crippen LogP contribution is 2.31. The molecule has 24 heavy (non-hydrogen) atoms. The van der Waals surface area contributed by atoms with Crippen molar-refractivity contribution in [3.8, 4) is 5.75 Å². The maximum Gasteiger partial charge on any atom is 0.255 e. The van der Waals surface area contributed by atoms with Crippen LogP contribution in [0.2, 0.25) is 5.02 Å². The van der Waals surface area contributed by atoms with Gasteiger partial charge in [0.25, 0.3) is 5.91 Å². The summed E-state index contributed by atoms with van der Waals surface area (Å²) in [4.78, 5) is 15.3. The summed E-state index contributed by atoms with van der Waals surface area (Å²) in [5.41, 5.74) is 6.64. The highest BCUT2D eigenvalue weighted by Gasteiger charge is 2.34. The molecule has 2 heterocycles. The molecule has 0 saturated carbocycles. The van der Waals surface area contributed by atoms with Crippen molar-refractivity contribution in [2.75, 3.05) is 19.4 Å². The molecule has 0 unspecified atom stereocenters. The van der Waals surface area contributed by atoms with Crippen LogP contribution < -0.4 is 15.8 Å². The lowest BCUT2D eigenvalue weighted by Crippen LogP contribution is -2.54. The minimum Gasteiger partial charge on any atom is -0.496 e. The first-order chi connectivity index (χ1) is 11.5. The van der Waals surface area contributed by atoms with E-state index in [0.717, 1.165) is 19.4 Å². The first-order valence-electron chi connectivity index (χ1n) is 8.69. The summed E-state index contributed by atoms with van der Waals surface area (Å²) < 4.78 is 5.28. The number of nitrogens with one attached hydrogen (secondary N) is 1. The van der Waals surface area contributed by atoms with Crippen LogP contribution in [0.25, 0.3) is 0 Å². The van der Waals surface area contributed by atoms with Gasteiger partial charge in [0, 0.05) is 30.7 Å². The van der Waals surface area contributed by atoms with Crippen LogP contribution in [0.1, 0.15) is 49.4 Å². The first kappa shape index (κ1) is 17.4. The topological polar surface area (TPSA) is 67.6 Å². The molecule has 5 nitrogen and oxygen atoms in total. The first-order valence-corrected chi connectivity index (χ1v) is 9.07. The lowest BCUT2D eigenvalue weighted by Gasteiger charge is -2.46. The number of nitrogens with zero attached hydrogens (tertiary/aromatic N) is 1. The number of benzene rings is 1. The van der Waals surface area contributed by atoms with Crippen molar-refractivity contribution < 1.29 is 9.53 Å². The SMILES string of the molecule is COc1cc(N)c(Cl)cc1C(=O)N[C@H]1CCN2[C@H](CCC[C@H]2C)C1. The number of nitrogen functional groups attached to an aromatic ring is 1. The molecule has 6 heteroatoms. The van der Waals surface area contributed by atoms with E-state index in [9.17, 15) is 4.79 Å². The van der Waals surface area contributed by atoms with Gasteiger partial charge in [0.1, 0.15) is 5.75 Å². The van der Waals surface area contributed by atoms with E-state index in [1.165, 1.54) is 26.4 Å². The van der Waals surface area contributed by atoms with Gasteiger partial charge in [-0.2, -0.15) is 0 Å². The fraction of sp³-hybridized carbons (Fsp3) is 0.611. The van der Waals surface area contributed by atoms with Crippen LogP contribution in [0.5, 0.6) is 5.75 Å². The maximum atomic E-state index is 12.7. The predicted octanol–water partition coefficient (Wildman–Crippen LogP) is 3.07. The van der Waals surface area contributed by atoms with Crippen molar-refractivity contribution >= 4 is 23.2 Å². The normalized spacial score (nSPS) is 27.4. The van der Waals surface area contributed by atoms with E-state index < -0.39 is 0 Å². The van der Waals surface area contributed by atoms with Crippen molar-refractivity contribution in [3.05, 3.63) is 22.7 Å². The van der Waals surface area contributed by atoms with E-state index in [1.807, 2.05) is 0 Å². The Morgan fingerprint density at radius 2 is 2.17 bits per heavy atom. The van der Waals surface area contributed by atoms with Crippen molar-refractivity contribution in [1.82, 2.24) is 10.2 Å². The van der Waals surface area contributed by atoms with Gasteiger partial charge in [-0.1, -0.05) is 18.0 Å². The summed E-state index contributed by atoms with van der Waals surface area (Å²) >= 11 is 6.07. The molecule has 1 aromatic rings. The Balaban J connectivity index is 1.68. The second-order valence-electron chi connectivity index (χ2n) is 6.94. The number of carbonyl (C=O) groups is 1. The molecule has 3 rings (SSSR count). The number of nitrogens with two attached hydrogens (primary N) is 1. The van der Waals surface area contributed by atoms with Gasteiger partial charge in [0.05, 0.1) is 23.4 Å². The van der Waals surface area contributed by atoms with Crippen LogP contribution in [0, 0.1) is 0 Å². The van der Waals surface area contributed by atoms with Crippen molar-refractivity contribution in [2.45, 2.75) is 57.2 Å². The summed E-state index contributed by atoms with van der Waals surface area (Å²) in [6.45, 7) is 3.36. The molecule has 1 amide bonds. The van der Waals surface area contributed by atoms with Gasteiger partial charge in [-0.15, -0.1) is 0 Å². The van der Waals surface area contributed by atoms with Crippen LogP contribution in [-0.4, -0.2) is 42.6 Å². The molecule has 0 spiro atoms. The maximum absolute atomic E-state index is 12.7. The van der Waals surface area contributed by atoms with Gasteiger partial charge in [0.15, 0.2) is 0 Å². The Bertz CT molecular complexity index is 623. The molecular weight excluding hydrogens is 326 g/mol. The number of rotatable bonds is 3. The molecule has 0 bridgehead atoms. The lowest BCUT2D eigenvalue weighted by atomic mass is 9.87. The van der Waals surface area contributed by atoms with Crippen molar-refractivity contribution in [2.24, 2.45) is 0 Å². The number of hydrogen-bond acceptors (Lipinski definition) is 4. The van der Waals surface area contributed by atoms with Crippen LogP contribution in [0.15, 0.2) is 12.1 Å². The smallest absolute Gasteiger partial charge is 0.255 e. The Morgan fingerprint density at radius 3 is 2.92 bits per heavy atom. The van der Waals surface area contributed by atoms with Gasteiger partial charge in [0.2, 0.25) is 0 Å². The van der Waals surface area contributed by atoms with Crippen LogP contribution in [-0.2, 0) is 0 Å². The standard InChI is InChI=1S/C18H26ClN3O2/c1-11-4-3-5-13-8-12(6-7-22(11)13)21-18(23)14-9-15(19)16(20)10-17(14)24-2/h9-13H,3-8,20H2,1-2H3,(H,21,23)/t11-,12+,13-/m1/s1. The Kier molecular flexibility index (Phi) is 5.21. The van der Waals surface area contributed by atoms with E-state index in [2.05, 4.69) is 17.1 Å². The molecule has 0 aliphatic carbocycles. The third-order valence-electron chi connectivity index (χ3n) is 5.39. The number of anilines is 1. The minimum absolute atomic E-state index is 0.143. The number of amides is 1. The van der Waals surface area contributed by atoms with E-state index >= 15 is 0 Å². The Morgan fingerprint density at radius 1 is 1.38 bits per heavy atom. The number of piperidine rings is 2. The molecule has 132 valence electrons. The minimum atomic E-state index is -0.143. The highest BCUT2D eigenvalue weighted by atomic mass is 35.5. The number of ether oxygens (including phenoxy) is 1. The summed E-state index contributed by atoms with van der Waals surface area (Å²) in [6, 6.07) is 4.64.